The number of rotatable bonds is 2. The summed E-state index contributed by atoms with van der Waals surface area (Å²) in [4.78, 5) is 4.28. The highest BCUT2D eigenvalue weighted by molar-refractivity contribution is 9.10. The Balaban J connectivity index is 2.03. The van der Waals surface area contributed by atoms with Crippen molar-refractivity contribution in [3.05, 3.63) is 22.3 Å². The Bertz CT molecular complexity index is 337. The molecule has 0 bridgehead atoms. The van der Waals surface area contributed by atoms with Crippen LogP contribution in [0.1, 0.15) is 18.4 Å². The van der Waals surface area contributed by atoms with Gasteiger partial charge in [-0.1, -0.05) is 0 Å². The molecule has 1 fully saturated rings. The van der Waals surface area contributed by atoms with Gasteiger partial charge < -0.3 is 10.1 Å². The largest absolute Gasteiger partial charge is 0.472 e. The van der Waals surface area contributed by atoms with E-state index in [0.717, 1.165) is 29.5 Å². The zero-order valence-electron chi connectivity index (χ0n) is 8.79. The zero-order valence-corrected chi connectivity index (χ0v) is 10.4. The van der Waals surface area contributed by atoms with Gasteiger partial charge in [-0.2, -0.15) is 0 Å². The van der Waals surface area contributed by atoms with Crippen LogP contribution in [0.15, 0.2) is 16.7 Å². The number of ether oxygens (including phenoxy) is 1. The van der Waals surface area contributed by atoms with Crippen molar-refractivity contribution < 1.29 is 4.74 Å². The maximum atomic E-state index is 5.82. The first kappa shape index (κ1) is 10.9. The average Bonchev–Trinajstić information content (AvgIpc) is 2.24. The third-order valence-electron chi connectivity index (χ3n) is 2.47. The van der Waals surface area contributed by atoms with Crippen LogP contribution in [0.3, 0.4) is 0 Å². The summed E-state index contributed by atoms with van der Waals surface area (Å²) in [5, 5.41) is 3.32. The number of aromatic nitrogens is 1. The summed E-state index contributed by atoms with van der Waals surface area (Å²) in [7, 11) is 0. The number of aryl methyl sites for hydroxylation is 1. The van der Waals surface area contributed by atoms with Crippen molar-refractivity contribution in [2.24, 2.45) is 0 Å². The van der Waals surface area contributed by atoms with E-state index in [1.807, 2.05) is 19.2 Å². The van der Waals surface area contributed by atoms with Gasteiger partial charge in [-0.3, -0.25) is 0 Å². The number of pyridine rings is 1. The molecule has 15 heavy (non-hydrogen) atoms. The number of hydrogen-bond donors (Lipinski definition) is 1. The fourth-order valence-corrected chi connectivity index (χ4v) is 2.24. The minimum atomic E-state index is 0.255. The van der Waals surface area contributed by atoms with Crippen molar-refractivity contribution in [3.8, 4) is 5.88 Å². The Hall–Kier alpha value is -0.610. The van der Waals surface area contributed by atoms with E-state index in [9.17, 15) is 0 Å². The molecule has 1 saturated heterocycles. The molecule has 0 saturated carbocycles. The maximum Gasteiger partial charge on any atom is 0.228 e. The van der Waals surface area contributed by atoms with Crippen LogP contribution >= 0.6 is 15.9 Å². The van der Waals surface area contributed by atoms with Gasteiger partial charge in [0, 0.05) is 12.7 Å². The van der Waals surface area contributed by atoms with Gasteiger partial charge in [0.15, 0.2) is 0 Å². The van der Waals surface area contributed by atoms with Gasteiger partial charge in [0.05, 0.1) is 4.47 Å². The highest BCUT2D eigenvalue weighted by atomic mass is 79.9. The van der Waals surface area contributed by atoms with Gasteiger partial charge in [0.1, 0.15) is 6.10 Å². The molecule has 1 aromatic heterocycles. The second kappa shape index (κ2) is 4.94. The normalized spacial score (nSPS) is 21.3. The number of halogens is 1. The van der Waals surface area contributed by atoms with E-state index in [4.69, 9.17) is 4.74 Å². The molecule has 0 radical (unpaired) electrons. The SMILES string of the molecule is Cc1cnc(OC2CCCNC2)c(Br)c1. The number of hydrogen-bond acceptors (Lipinski definition) is 3. The van der Waals surface area contributed by atoms with E-state index in [1.165, 1.54) is 6.42 Å². The van der Waals surface area contributed by atoms with Crippen LogP contribution in [-0.2, 0) is 0 Å². The molecule has 2 heterocycles. The minimum Gasteiger partial charge on any atom is -0.472 e. The molecule has 0 spiro atoms. The van der Waals surface area contributed by atoms with Crippen LogP contribution in [0.5, 0.6) is 5.88 Å². The first-order valence-corrected chi connectivity index (χ1v) is 6.04. The lowest BCUT2D eigenvalue weighted by molar-refractivity contribution is 0.159. The first-order chi connectivity index (χ1) is 7.25. The predicted octanol–water partition coefficient (Wildman–Crippen LogP) is 2.28. The molecule has 0 aliphatic carbocycles. The van der Waals surface area contributed by atoms with Crippen LogP contribution in [0.2, 0.25) is 0 Å². The molecular formula is C11H15BrN2O. The Kier molecular flexibility index (Phi) is 3.59. The summed E-state index contributed by atoms with van der Waals surface area (Å²) in [6.07, 6.45) is 4.37. The van der Waals surface area contributed by atoms with Gasteiger partial charge in [-0.25, -0.2) is 4.98 Å². The molecule has 1 aromatic rings. The van der Waals surface area contributed by atoms with Gasteiger partial charge in [0.2, 0.25) is 5.88 Å². The molecule has 4 heteroatoms. The summed E-state index contributed by atoms with van der Waals surface area (Å²) in [6.45, 7) is 4.04. The van der Waals surface area contributed by atoms with E-state index in [1.54, 1.807) is 0 Å². The molecule has 1 N–H and O–H groups in total. The molecule has 3 nitrogen and oxygen atoms in total. The second-order valence-corrected chi connectivity index (χ2v) is 4.74. The van der Waals surface area contributed by atoms with Crippen LogP contribution in [0, 0.1) is 6.92 Å². The summed E-state index contributed by atoms with van der Waals surface area (Å²) in [6, 6.07) is 2.03. The van der Waals surface area contributed by atoms with E-state index in [0.29, 0.717) is 5.88 Å². The molecule has 1 unspecified atom stereocenters. The van der Waals surface area contributed by atoms with Gasteiger partial charge in [-0.05, 0) is 53.9 Å². The van der Waals surface area contributed by atoms with Gasteiger partial charge in [-0.15, -0.1) is 0 Å². The molecule has 1 atom stereocenters. The standard InChI is InChI=1S/C11H15BrN2O/c1-8-5-10(12)11(14-6-8)15-9-3-2-4-13-7-9/h5-6,9,13H,2-4,7H2,1H3. The van der Waals surface area contributed by atoms with E-state index >= 15 is 0 Å². The Labute approximate surface area is 98.4 Å². The Morgan fingerprint density at radius 1 is 1.60 bits per heavy atom. The molecule has 1 aliphatic rings. The second-order valence-electron chi connectivity index (χ2n) is 3.89. The lowest BCUT2D eigenvalue weighted by atomic mass is 10.1. The van der Waals surface area contributed by atoms with Crippen LogP contribution in [0.4, 0.5) is 0 Å². The third kappa shape index (κ3) is 2.92. The molecule has 1 aliphatic heterocycles. The lowest BCUT2D eigenvalue weighted by Crippen LogP contribution is -2.37. The molecule has 0 amide bonds. The van der Waals surface area contributed by atoms with E-state index < -0.39 is 0 Å². The van der Waals surface area contributed by atoms with Crippen molar-refractivity contribution >= 4 is 15.9 Å². The third-order valence-corrected chi connectivity index (χ3v) is 3.04. The van der Waals surface area contributed by atoms with Crippen molar-refractivity contribution in [1.29, 1.82) is 0 Å². The average molecular weight is 271 g/mol. The quantitative estimate of drug-likeness (QED) is 0.896. The molecule has 2 rings (SSSR count). The zero-order chi connectivity index (χ0) is 10.7. The maximum absolute atomic E-state index is 5.82. The van der Waals surface area contributed by atoms with Crippen LogP contribution in [-0.4, -0.2) is 24.2 Å². The number of piperidine rings is 1. The first-order valence-electron chi connectivity index (χ1n) is 5.25. The smallest absolute Gasteiger partial charge is 0.228 e. The summed E-state index contributed by atoms with van der Waals surface area (Å²) < 4.78 is 6.76. The lowest BCUT2D eigenvalue weighted by Gasteiger charge is -2.23. The van der Waals surface area contributed by atoms with Crippen molar-refractivity contribution in [2.75, 3.05) is 13.1 Å². The van der Waals surface area contributed by atoms with Crippen molar-refractivity contribution in [1.82, 2.24) is 10.3 Å². The highest BCUT2D eigenvalue weighted by Gasteiger charge is 2.16. The molecule has 0 aromatic carbocycles. The monoisotopic (exact) mass is 270 g/mol. The molecule has 82 valence electrons. The van der Waals surface area contributed by atoms with E-state index in [-0.39, 0.29) is 6.10 Å². The fraction of sp³-hybridized carbons (Fsp3) is 0.545. The van der Waals surface area contributed by atoms with Gasteiger partial charge in [0.25, 0.3) is 0 Å². The Morgan fingerprint density at radius 2 is 2.47 bits per heavy atom. The summed E-state index contributed by atoms with van der Waals surface area (Å²) in [5.41, 5.74) is 1.14. The highest BCUT2D eigenvalue weighted by Crippen LogP contribution is 2.24. The Morgan fingerprint density at radius 3 is 3.13 bits per heavy atom. The topological polar surface area (TPSA) is 34.1 Å². The van der Waals surface area contributed by atoms with Gasteiger partial charge >= 0.3 is 0 Å². The summed E-state index contributed by atoms with van der Waals surface area (Å²) >= 11 is 3.47. The van der Waals surface area contributed by atoms with E-state index in [2.05, 4.69) is 26.2 Å². The molecular weight excluding hydrogens is 256 g/mol. The number of nitrogens with zero attached hydrogens (tertiary/aromatic N) is 1. The van der Waals surface area contributed by atoms with Crippen molar-refractivity contribution in [2.45, 2.75) is 25.9 Å². The van der Waals surface area contributed by atoms with Crippen molar-refractivity contribution in [3.63, 3.8) is 0 Å². The van der Waals surface area contributed by atoms with Crippen LogP contribution in [0.25, 0.3) is 0 Å². The fourth-order valence-electron chi connectivity index (χ4n) is 1.69. The van der Waals surface area contributed by atoms with Crippen LogP contribution < -0.4 is 10.1 Å². The number of nitrogens with one attached hydrogen (secondary N) is 1. The summed E-state index contributed by atoms with van der Waals surface area (Å²) in [5.74, 6) is 0.703. The predicted molar refractivity (Wildman–Crippen MR) is 63.2 cm³/mol. The minimum absolute atomic E-state index is 0.255.